The van der Waals surface area contributed by atoms with E-state index in [2.05, 4.69) is 20.6 Å². The van der Waals surface area contributed by atoms with Gasteiger partial charge >= 0.3 is 0 Å². The number of carbonyl (C=O) groups excluding carboxylic acids is 2. The fourth-order valence-corrected chi connectivity index (χ4v) is 4.07. The zero-order chi connectivity index (χ0) is 24.7. The van der Waals surface area contributed by atoms with Crippen LogP contribution in [0, 0.1) is 0 Å². The van der Waals surface area contributed by atoms with Gasteiger partial charge in [-0.1, -0.05) is 18.2 Å². The number of rotatable bonds is 8. The van der Waals surface area contributed by atoms with Crippen LogP contribution in [-0.4, -0.2) is 33.1 Å². The van der Waals surface area contributed by atoms with Crippen molar-refractivity contribution in [2.45, 2.75) is 18.7 Å². The maximum atomic E-state index is 12.8. The number of amides is 2. The summed E-state index contributed by atoms with van der Waals surface area (Å²) in [5.41, 5.74) is 4.73. The Kier molecular flexibility index (Phi) is 7.64. The third-order valence-corrected chi connectivity index (χ3v) is 6.05. The Bertz CT molecular complexity index is 1340. The summed E-state index contributed by atoms with van der Waals surface area (Å²) in [6, 6.07) is 19.1. The van der Waals surface area contributed by atoms with E-state index < -0.39 is 15.9 Å². The highest BCUT2D eigenvalue weighted by molar-refractivity contribution is 7.92. The summed E-state index contributed by atoms with van der Waals surface area (Å²) in [5, 5.41) is 6.78. The topological polar surface area (TPSA) is 126 Å². The van der Waals surface area contributed by atoms with Gasteiger partial charge in [0.2, 0.25) is 5.91 Å². The highest BCUT2D eigenvalue weighted by Gasteiger charge is 2.17. The molecule has 0 unspecified atom stereocenters. The molecule has 0 radical (unpaired) electrons. The van der Waals surface area contributed by atoms with Crippen molar-refractivity contribution in [3.8, 4) is 5.75 Å². The summed E-state index contributed by atoms with van der Waals surface area (Å²) in [6.07, 6.45) is 0. The van der Waals surface area contributed by atoms with E-state index in [1.165, 1.54) is 38.3 Å². The van der Waals surface area contributed by atoms with E-state index in [0.717, 1.165) is 0 Å². The third-order valence-electron chi connectivity index (χ3n) is 4.67. The van der Waals surface area contributed by atoms with Crippen LogP contribution in [0.2, 0.25) is 0 Å². The van der Waals surface area contributed by atoms with Crippen LogP contribution in [0.5, 0.6) is 5.75 Å². The molecule has 0 heterocycles. The molecule has 176 valence electrons. The number of methoxy groups -OCH3 is 1. The molecule has 3 aromatic carbocycles. The van der Waals surface area contributed by atoms with E-state index in [4.69, 9.17) is 4.74 Å². The van der Waals surface area contributed by atoms with Gasteiger partial charge in [-0.2, -0.15) is 5.10 Å². The Labute approximate surface area is 197 Å². The lowest BCUT2D eigenvalue weighted by Gasteiger charge is -2.10. The van der Waals surface area contributed by atoms with Crippen LogP contribution < -0.4 is 20.2 Å². The van der Waals surface area contributed by atoms with Gasteiger partial charge in [0.25, 0.3) is 15.9 Å². The first-order chi connectivity index (χ1) is 16.2. The predicted molar refractivity (Wildman–Crippen MR) is 131 cm³/mol. The summed E-state index contributed by atoms with van der Waals surface area (Å²) in [5.74, 6) is -0.172. The Morgan fingerprint density at radius 3 is 2.21 bits per heavy atom. The number of sulfonamides is 1. The Morgan fingerprint density at radius 1 is 0.853 bits per heavy atom. The molecule has 0 aliphatic heterocycles. The molecule has 0 aliphatic rings. The van der Waals surface area contributed by atoms with Crippen molar-refractivity contribution in [2.24, 2.45) is 5.10 Å². The molecule has 0 saturated heterocycles. The Morgan fingerprint density at radius 2 is 1.53 bits per heavy atom. The molecule has 3 N–H and O–H groups in total. The van der Waals surface area contributed by atoms with Gasteiger partial charge in [-0.15, -0.1) is 0 Å². The van der Waals surface area contributed by atoms with Crippen molar-refractivity contribution in [3.05, 3.63) is 83.9 Å². The fourth-order valence-electron chi connectivity index (χ4n) is 2.97. The van der Waals surface area contributed by atoms with E-state index in [1.807, 2.05) is 0 Å². The molecule has 3 rings (SSSR count). The van der Waals surface area contributed by atoms with E-state index in [9.17, 15) is 18.0 Å². The van der Waals surface area contributed by atoms with Crippen LogP contribution in [0.1, 0.15) is 29.8 Å². The Hall–Kier alpha value is -4.18. The molecular weight excluding hydrogens is 456 g/mol. The molecule has 0 aromatic heterocycles. The Balaban J connectivity index is 1.73. The van der Waals surface area contributed by atoms with Gasteiger partial charge in [0, 0.05) is 23.9 Å². The van der Waals surface area contributed by atoms with Crippen LogP contribution in [0.15, 0.2) is 82.8 Å². The van der Waals surface area contributed by atoms with Crippen LogP contribution in [0.3, 0.4) is 0 Å². The molecule has 3 aromatic rings. The molecule has 0 spiro atoms. The van der Waals surface area contributed by atoms with Crippen molar-refractivity contribution in [1.29, 1.82) is 0 Å². The lowest BCUT2D eigenvalue weighted by molar-refractivity contribution is -0.114. The minimum Gasteiger partial charge on any atom is -0.497 e. The summed E-state index contributed by atoms with van der Waals surface area (Å²) >= 11 is 0. The minimum atomic E-state index is -3.92. The molecule has 34 heavy (non-hydrogen) atoms. The first-order valence-electron chi connectivity index (χ1n) is 10.2. The van der Waals surface area contributed by atoms with Crippen LogP contribution in [0.4, 0.5) is 11.4 Å². The molecule has 0 atom stereocenters. The smallest absolute Gasteiger partial charge is 0.271 e. The predicted octanol–water partition coefficient (Wildman–Crippen LogP) is 3.61. The molecule has 10 heteroatoms. The highest BCUT2D eigenvalue weighted by atomic mass is 32.2. The summed E-state index contributed by atoms with van der Waals surface area (Å²) in [4.78, 5) is 23.8. The van der Waals surface area contributed by atoms with Crippen molar-refractivity contribution < 1.29 is 22.7 Å². The first kappa shape index (κ1) is 24.5. The van der Waals surface area contributed by atoms with Crippen LogP contribution in [0.25, 0.3) is 0 Å². The van der Waals surface area contributed by atoms with Crippen LogP contribution in [-0.2, 0) is 14.8 Å². The average molecular weight is 481 g/mol. The van der Waals surface area contributed by atoms with Crippen molar-refractivity contribution in [2.75, 3.05) is 17.1 Å². The number of anilines is 2. The maximum Gasteiger partial charge on any atom is 0.271 e. The van der Waals surface area contributed by atoms with Gasteiger partial charge in [-0.05, 0) is 67.1 Å². The van der Waals surface area contributed by atoms with E-state index >= 15 is 0 Å². The van der Waals surface area contributed by atoms with Gasteiger partial charge in [0.15, 0.2) is 0 Å². The van der Waals surface area contributed by atoms with Crippen molar-refractivity contribution in [1.82, 2.24) is 5.43 Å². The number of carbonyl (C=O) groups is 2. The number of ether oxygens (including phenoxy) is 1. The second kappa shape index (κ2) is 10.6. The van der Waals surface area contributed by atoms with E-state index in [1.54, 1.807) is 55.5 Å². The maximum absolute atomic E-state index is 12.8. The lowest BCUT2D eigenvalue weighted by atomic mass is 10.1. The first-order valence-corrected chi connectivity index (χ1v) is 11.7. The largest absolute Gasteiger partial charge is 0.497 e. The van der Waals surface area contributed by atoms with E-state index in [0.29, 0.717) is 28.4 Å². The van der Waals surface area contributed by atoms with Gasteiger partial charge in [0.05, 0.1) is 17.7 Å². The van der Waals surface area contributed by atoms with Gasteiger partial charge < -0.3 is 10.1 Å². The molecule has 9 nitrogen and oxygen atoms in total. The van der Waals surface area contributed by atoms with Crippen molar-refractivity contribution in [3.63, 3.8) is 0 Å². The number of hydrazone groups is 1. The molecular formula is C24H24N4O5S. The van der Waals surface area contributed by atoms with E-state index in [-0.39, 0.29) is 16.4 Å². The summed E-state index contributed by atoms with van der Waals surface area (Å²) < 4.78 is 33.1. The zero-order valence-corrected chi connectivity index (χ0v) is 19.6. The average Bonchev–Trinajstić information content (AvgIpc) is 2.82. The van der Waals surface area contributed by atoms with Gasteiger partial charge in [0.1, 0.15) is 5.75 Å². The van der Waals surface area contributed by atoms with Crippen LogP contribution >= 0.6 is 0 Å². The minimum absolute atomic E-state index is 0.0697. The number of benzene rings is 3. The monoisotopic (exact) mass is 480 g/mol. The van der Waals surface area contributed by atoms with Gasteiger partial charge in [-0.25, -0.2) is 13.8 Å². The molecule has 2 amide bonds. The second-order valence-corrected chi connectivity index (χ2v) is 8.94. The molecule has 0 aliphatic carbocycles. The normalized spacial score (nSPS) is 11.4. The van der Waals surface area contributed by atoms with Crippen molar-refractivity contribution >= 4 is 38.9 Å². The SMILES string of the molecule is COc1ccc(NS(=O)(=O)c2cccc(C(=O)NN=C(C)c3cccc(NC(C)=O)c3)c2)cc1. The summed E-state index contributed by atoms with van der Waals surface area (Å²) in [6.45, 7) is 3.11. The number of nitrogens with zero attached hydrogens (tertiary/aromatic N) is 1. The third kappa shape index (κ3) is 6.42. The van der Waals surface area contributed by atoms with Gasteiger partial charge in [-0.3, -0.25) is 14.3 Å². The quantitative estimate of drug-likeness (QED) is 0.335. The molecule has 0 bridgehead atoms. The standard InChI is InChI=1S/C24H24N4O5S/c1-16(18-6-4-8-21(14-18)25-17(2)29)26-27-24(30)19-7-5-9-23(15-19)34(31,32)28-20-10-12-22(33-3)13-11-20/h4-15,28H,1-3H3,(H,25,29)(H,27,30). The number of hydrogen-bond acceptors (Lipinski definition) is 6. The molecule has 0 fully saturated rings. The second-order valence-electron chi connectivity index (χ2n) is 7.26. The number of nitrogens with one attached hydrogen (secondary N) is 3. The number of hydrogen-bond donors (Lipinski definition) is 3. The summed E-state index contributed by atoms with van der Waals surface area (Å²) in [7, 11) is -2.40. The molecule has 0 saturated carbocycles. The highest BCUT2D eigenvalue weighted by Crippen LogP contribution is 2.20. The lowest BCUT2D eigenvalue weighted by Crippen LogP contribution is -2.20. The fraction of sp³-hybridized carbons (Fsp3) is 0.125. The zero-order valence-electron chi connectivity index (χ0n) is 18.8.